The van der Waals surface area contributed by atoms with E-state index in [2.05, 4.69) is 0 Å². The van der Waals surface area contributed by atoms with E-state index in [0.717, 1.165) is 0 Å². The van der Waals surface area contributed by atoms with Crippen molar-refractivity contribution in [2.45, 2.75) is 6.10 Å². The third-order valence-electron chi connectivity index (χ3n) is 1.61. The monoisotopic (exact) mass is 365 g/mol. The van der Waals surface area contributed by atoms with E-state index in [1.54, 1.807) is 0 Å². The summed E-state index contributed by atoms with van der Waals surface area (Å²) in [6, 6.07) is 4.10. The zero-order valence-corrected chi connectivity index (χ0v) is 12.3. The lowest BCUT2D eigenvalue weighted by atomic mass is 10.1. The number of phenolic OH excluding ortho intramolecular Hbond substituents is 2. The first-order valence-electron chi connectivity index (χ1n) is 4.95. The van der Waals surface area contributed by atoms with Gasteiger partial charge in [-0.05, 0) is 17.7 Å². The largest absolute Gasteiger partial charge is 0.504 e. The number of benzene rings is 1. The number of aromatic hydroxyl groups is 2. The molecule has 12 nitrogen and oxygen atoms in total. The topological polar surface area (TPSA) is 236 Å². The highest BCUT2D eigenvalue weighted by molar-refractivity contribution is 7.80. The molecular weight excluding hydrogens is 350 g/mol. The Morgan fingerprint density at radius 2 is 1.27 bits per heavy atom. The molecule has 1 unspecified atom stereocenters. The predicted molar refractivity (Wildman–Crippen MR) is 72.1 cm³/mol. The Bertz CT molecular complexity index is 609. The van der Waals surface area contributed by atoms with Crippen LogP contribution in [0.5, 0.6) is 11.5 Å². The molecule has 0 aliphatic carbocycles. The smallest absolute Gasteiger partial charge is 0.394 e. The summed E-state index contributed by atoms with van der Waals surface area (Å²) < 4.78 is 63.2. The van der Waals surface area contributed by atoms with Crippen molar-refractivity contribution in [3.8, 4) is 11.5 Å². The minimum absolute atomic E-state index is 0.0875. The summed E-state index contributed by atoms with van der Waals surface area (Å²) in [7, 11) is -9.33. The molecule has 130 valence electrons. The van der Waals surface area contributed by atoms with Gasteiger partial charge in [-0.2, -0.15) is 16.8 Å². The summed E-state index contributed by atoms with van der Waals surface area (Å²) >= 11 is 0. The fraction of sp³-hybridized carbons (Fsp3) is 0.250. The molecule has 0 aliphatic rings. The normalized spacial score (nSPS) is 12.3. The number of aliphatic hydroxyl groups excluding tert-OH is 1. The van der Waals surface area contributed by atoms with Crippen molar-refractivity contribution in [3.63, 3.8) is 0 Å². The van der Waals surface area contributed by atoms with Crippen molar-refractivity contribution in [2.75, 3.05) is 6.54 Å². The van der Waals surface area contributed by atoms with E-state index in [1.165, 1.54) is 18.2 Å². The maximum absolute atomic E-state index is 9.23. The van der Waals surface area contributed by atoms with Crippen molar-refractivity contribution in [2.24, 2.45) is 5.73 Å². The Balaban J connectivity index is 0. The third kappa shape index (κ3) is 18.5. The summed E-state index contributed by atoms with van der Waals surface area (Å²) in [5.41, 5.74) is 5.69. The lowest BCUT2D eigenvalue weighted by Gasteiger charge is -2.08. The van der Waals surface area contributed by atoms with Gasteiger partial charge in [-0.3, -0.25) is 18.2 Å². The van der Waals surface area contributed by atoms with Crippen LogP contribution in [0, 0.1) is 0 Å². The average Bonchev–Trinajstić information content (AvgIpc) is 2.27. The molecule has 0 fully saturated rings. The Morgan fingerprint density at radius 3 is 1.55 bits per heavy atom. The molecule has 14 heteroatoms. The molecule has 1 rings (SSSR count). The Labute approximate surface area is 125 Å². The van der Waals surface area contributed by atoms with Gasteiger partial charge in [0.25, 0.3) is 0 Å². The maximum atomic E-state index is 9.23. The zero-order valence-electron chi connectivity index (χ0n) is 10.7. The number of hydrogen-bond donors (Lipinski definition) is 8. The van der Waals surface area contributed by atoms with Crippen LogP contribution in [0.2, 0.25) is 0 Å². The van der Waals surface area contributed by atoms with Crippen LogP contribution in [0.4, 0.5) is 0 Å². The van der Waals surface area contributed by atoms with E-state index >= 15 is 0 Å². The molecule has 0 spiro atoms. The molecule has 1 aromatic rings. The van der Waals surface area contributed by atoms with Crippen molar-refractivity contribution in [1.82, 2.24) is 0 Å². The average molecular weight is 365 g/mol. The first-order chi connectivity index (χ1) is 9.65. The number of rotatable bonds is 2. The predicted octanol–water partition coefficient (Wildman–Crippen LogP) is -1.22. The van der Waals surface area contributed by atoms with E-state index in [-0.39, 0.29) is 18.0 Å². The summed E-state index contributed by atoms with van der Waals surface area (Å²) in [4.78, 5) is 0. The van der Waals surface area contributed by atoms with Gasteiger partial charge in [-0.15, -0.1) is 0 Å². The minimum Gasteiger partial charge on any atom is -0.504 e. The number of nitrogens with two attached hydrogens (primary N) is 1. The van der Waals surface area contributed by atoms with Crippen molar-refractivity contribution >= 4 is 20.8 Å². The first-order valence-corrected chi connectivity index (χ1v) is 7.74. The molecule has 0 bridgehead atoms. The van der Waals surface area contributed by atoms with Crippen LogP contribution >= 0.6 is 0 Å². The van der Waals surface area contributed by atoms with Crippen LogP contribution in [0.1, 0.15) is 11.7 Å². The quantitative estimate of drug-likeness (QED) is 0.227. The summed E-state index contributed by atoms with van der Waals surface area (Å²) in [6.45, 7) is 0.0875. The van der Waals surface area contributed by atoms with Crippen LogP contribution < -0.4 is 5.73 Å². The minimum atomic E-state index is -4.67. The second-order valence-electron chi connectivity index (χ2n) is 3.40. The van der Waals surface area contributed by atoms with Crippen LogP contribution in [0.3, 0.4) is 0 Å². The van der Waals surface area contributed by atoms with Crippen molar-refractivity contribution in [3.05, 3.63) is 23.8 Å². The number of hydrogen-bond acceptors (Lipinski definition) is 8. The van der Waals surface area contributed by atoms with Crippen molar-refractivity contribution < 1.29 is 50.4 Å². The highest BCUT2D eigenvalue weighted by Gasteiger charge is 2.07. The molecule has 1 atom stereocenters. The highest BCUT2D eigenvalue weighted by Crippen LogP contribution is 2.27. The molecule has 22 heavy (non-hydrogen) atoms. The molecule has 0 aromatic heterocycles. The van der Waals surface area contributed by atoms with E-state index in [1.807, 2.05) is 0 Å². The number of phenols is 2. The van der Waals surface area contributed by atoms with Gasteiger partial charge in [-0.25, -0.2) is 0 Å². The van der Waals surface area contributed by atoms with Crippen molar-refractivity contribution in [1.29, 1.82) is 0 Å². The molecule has 0 saturated carbocycles. The number of aliphatic hydroxyl groups is 1. The molecular formula is C8H15NO11S2. The first kappa shape index (κ1) is 22.8. The van der Waals surface area contributed by atoms with E-state index in [4.69, 9.17) is 51.0 Å². The molecule has 0 radical (unpaired) electrons. The Hall–Kier alpha value is -1.52. The fourth-order valence-corrected chi connectivity index (χ4v) is 0.884. The van der Waals surface area contributed by atoms with Crippen LogP contribution in [-0.2, 0) is 20.8 Å². The van der Waals surface area contributed by atoms with Crippen LogP contribution in [-0.4, -0.2) is 56.9 Å². The fourth-order valence-electron chi connectivity index (χ4n) is 0.884. The third-order valence-corrected chi connectivity index (χ3v) is 1.61. The second-order valence-corrected chi connectivity index (χ2v) is 5.19. The van der Waals surface area contributed by atoms with Gasteiger partial charge < -0.3 is 21.1 Å². The molecule has 9 N–H and O–H groups in total. The lowest BCUT2D eigenvalue weighted by Crippen LogP contribution is -2.11. The van der Waals surface area contributed by atoms with Crippen LogP contribution in [0.25, 0.3) is 0 Å². The maximum Gasteiger partial charge on any atom is 0.394 e. The Kier molecular flexibility index (Phi) is 9.81. The summed E-state index contributed by atoms with van der Waals surface area (Å²) in [6.07, 6.45) is -0.795. The standard InChI is InChI=1S/C8H11NO3.2H2O4S/c9-4-8(12)5-1-2-6(10)7(11)3-5;2*1-5(2,3)4/h1-3,8,10-12H,4,9H2;2*(H2,1,2,3,4). The van der Waals surface area contributed by atoms with E-state index in [0.29, 0.717) is 5.56 Å². The molecule has 0 amide bonds. The van der Waals surface area contributed by atoms with Gasteiger partial charge in [0.15, 0.2) is 11.5 Å². The molecule has 0 heterocycles. The van der Waals surface area contributed by atoms with Gasteiger partial charge in [0, 0.05) is 6.54 Å². The second kappa shape index (κ2) is 9.49. The molecule has 0 saturated heterocycles. The van der Waals surface area contributed by atoms with Gasteiger partial charge in [0.1, 0.15) is 0 Å². The summed E-state index contributed by atoms with van der Waals surface area (Å²) in [5.74, 6) is -0.456. The van der Waals surface area contributed by atoms with Gasteiger partial charge in [0.05, 0.1) is 6.10 Å². The highest BCUT2D eigenvalue weighted by atomic mass is 32.3. The van der Waals surface area contributed by atoms with Gasteiger partial charge in [0.2, 0.25) is 0 Å². The zero-order chi connectivity index (χ0) is 18.1. The lowest BCUT2D eigenvalue weighted by molar-refractivity contribution is 0.186. The summed E-state index contributed by atoms with van der Waals surface area (Å²) in [5, 5.41) is 27.2. The Morgan fingerprint density at radius 1 is 0.909 bits per heavy atom. The molecule has 0 aliphatic heterocycles. The SMILES string of the molecule is NCC(O)c1ccc(O)c(O)c1.O=S(=O)(O)O.O=S(=O)(O)O. The van der Waals surface area contributed by atoms with E-state index in [9.17, 15) is 5.11 Å². The van der Waals surface area contributed by atoms with E-state index < -0.39 is 26.9 Å². The molecule has 1 aromatic carbocycles. The van der Waals surface area contributed by atoms with Gasteiger partial charge >= 0.3 is 20.8 Å². The van der Waals surface area contributed by atoms with Crippen LogP contribution in [0.15, 0.2) is 18.2 Å². The van der Waals surface area contributed by atoms with Gasteiger partial charge in [-0.1, -0.05) is 6.07 Å².